The second-order valence-corrected chi connectivity index (χ2v) is 5.68. The number of hydrogen-bond donors (Lipinski definition) is 2. The maximum Gasteiger partial charge on any atom is 0.191 e. The molecule has 0 saturated carbocycles. The van der Waals surface area contributed by atoms with E-state index >= 15 is 0 Å². The van der Waals surface area contributed by atoms with Crippen LogP contribution < -0.4 is 15.4 Å². The number of ether oxygens (including phenoxy) is 2. The van der Waals surface area contributed by atoms with Crippen molar-refractivity contribution in [3.05, 3.63) is 29.8 Å². The Morgan fingerprint density at radius 2 is 2.12 bits per heavy atom. The highest BCUT2D eigenvalue weighted by Crippen LogP contribution is 2.23. The maximum absolute atomic E-state index is 13.0. The maximum atomic E-state index is 13.0. The molecule has 1 saturated heterocycles. The third kappa shape index (κ3) is 6.39. The minimum absolute atomic E-state index is 0. The lowest BCUT2D eigenvalue weighted by atomic mass is 10.0. The number of nitrogens with one attached hydrogen (secondary N) is 2. The molecule has 0 aliphatic carbocycles. The first-order chi connectivity index (χ1) is 11.0. The van der Waals surface area contributed by atoms with Crippen molar-refractivity contribution in [3.63, 3.8) is 0 Å². The first-order valence-electron chi connectivity index (χ1n) is 7.69. The third-order valence-corrected chi connectivity index (χ3v) is 3.71. The van der Waals surface area contributed by atoms with Gasteiger partial charge in [0.15, 0.2) is 17.6 Å². The SMILES string of the molecule is CN=C(NCCOc1ccc(F)c(F)c1)NCC1(C)CCCO1.I. The minimum Gasteiger partial charge on any atom is -0.492 e. The molecule has 1 fully saturated rings. The van der Waals surface area contributed by atoms with Crippen LogP contribution in [-0.4, -0.2) is 44.9 Å². The van der Waals surface area contributed by atoms with Crippen molar-refractivity contribution in [2.75, 3.05) is 33.4 Å². The smallest absolute Gasteiger partial charge is 0.191 e. The van der Waals surface area contributed by atoms with E-state index in [4.69, 9.17) is 9.47 Å². The first kappa shape index (κ1) is 20.9. The van der Waals surface area contributed by atoms with Crippen LogP contribution >= 0.6 is 24.0 Å². The number of nitrogens with zero attached hydrogens (tertiary/aromatic N) is 1. The van der Waals surface area contributed by atoms with Gasteiger partial charge in [-0.1, -0.05) is 0 Å². The van der Waals surface area contributed by atoms with Crippen molar-refractivity contribution in [2.45, 2.75) is 25.4 Å². The van der Waals surface area contributed by atoms with E-state index < -0.39 is 11.6 Å². The summed E-state index contributed by atoms with van der Waals surface area (Å²) in [6.45, 7) is 4.34. The number of halogens is 3. The van der Waals surface area contributed by atoms with Crippen molar-refractivity contribution >= 4 is 29.9 Å². The van der Waals surface area contributed by atoms with Crippen LogP contribution in [0.3, 0.4) is 0 Å². The lowest BCUT2D eigenvalue weighted by Gasteiger charge is -2.24. The average molecular weight is 455 g/mol. The van der Waals surface area contributed by atoms with E-state index in [0.717, 1.165) is 31.6 Å². The molecule has 1 aromatic carbocycles. The van der Waals surface area contributed by atoms with Gasteiger partial charge >= 0.3 is 0 Å². The van der Waals surface area contributed by atoms with E-state index in [-0.39, 0.29) is 29.6 Å². The van der Waals surface area contributed by atoms with E-state index in [1.54, 1.807) is 7.05 Å². The summed E-state index contributed by atoms with van der Waals surface area (Å²) < 4.78 is 36.9. The number of hydrogen-bond acceptors (Lipinski definition) is 3. The Labute approximate surface area is 158 Å². The molecule has 0 aromatic heterocycles. The zero-order valence-electron chi connectivity index (χ0n) is 13.9. The molecule has 0 radical (unpaired) electrons. The van der Waals surface area contributed by atoms with Gasteiger partial charge in [-0.05, 0) is 31.9 Å². The van der Waals surface area contributed by atoms with E-state index in [2.05, 4.69) is 22.5 Å². The predicted octanol–water partition coefficient (Wildman–Crippen LogP) is 2.70. The van der Waals surface area contributed by atoms with Gasteiger partial charge < -0.3 is 20.1 Å². The molecule has 0 bridgehead atoms. The normalized spacial score (nSPS) is 20.4. The summed E-state index contributed by atoms with van der Waals surface area (Å²) in [5.41, 5.74) is -0.153. The van der Waals surface area contributed by atoms with Crippen molar-refractivity contribution in [3.8, 4) is 5.75 Å². The highest BCUT2D eigenvalue weighted by Gasteiger charge is 2.29. The molecule has 1 heterocycles. The molecule has 1 aliphatic rings. The second kappa shape index (κ2) is 9.97. The Bertz CT molecular complexity index is 552. The van der Waals surface area contributed by atoms with E-state index in [1.165, 1.54) is 6.07 Å². The molecule has 2 rings (SSSR count). The Hall–Kier alpha value is -1.16. The molecular weight excluding hydrogens is 431 g/mol. The van der Waals surface area contributed by atoms with Crippen molar-refractivity contribution in [1.82, 2.24) is 10.6 Å². The molecule has 1 atom stereocenters. The fraction of sp³-hybridized carbons (Fsp3) is 0.562. The fourth-order valence-electron chi connectivity index (χ4n) is 2.37. The largest absolute Gasteiger partial charge is 0.492 e. The summed E-state index contributed by atoms with van der Waals surface area (Å²) in [4.78, 5) is 4.12. The molecule has 1 aliphatic heterocycles. The van der Waals surface area contributed by atoms with E-state index in [0.29, 0.717) is 31.4 Å². The van der Waals surface area contributed by atoms with Gasteiger partial charge in [-0.3, -0.25) is 4.99 Å². The lowest BCUT2D eigenvalue weighted by molar-refractivity contribution is 0.0243. The summed E-state index contributed by atoms with van der Waals surface area (Å²) in [5.74, 6) is -0.864. The van der Waals surface area contributed by atoms with E-state index in [1.807, 2.05) is 0 Å². The van der Waals surface area contributed by atoms with Crippen molar-refractivity contribution in [1.29, 1.82) is 0 Å². The van der Waals surface area contributed by atoms with Gasteiger partial charge in [0.1, 0.15) is 12.4 Å². The van der Waals surface area contributed by atoms with Gasteiger partial charge in [0.05, 0.1) is 12.1 Å². The van der Waals surface area contributed by atoms with Crippen LogP contribution in [-0.2, 0) is 4.74 Å². The number of aliphatic imine (C=N–C) groups is 1. The number of guanidine groups is 1. The molecule has 2 N–H and O–H groups in total. The molecular formula is C16H24F2IN3O2. The molecule has 0 spiro atoms. The Balaban J connectivity index is 0.00000288. The summed E-state index contributed by atoms with van der Waals surface area (Å²) >= 11 is 0. The Kier molecular flexibility index (Phi) is 8.68. The van der Waals surface area contributed by atoms with Gasteiger partial charge in [-0.25, -0.2) is 8.78 Å². The molecule has 8 heteroatoms. The Morgan fingerprint density at radius 3 is 2.75 bits per heavy atom. The standard InChI is InChI=1S/C16H23F2N3O2.HI/c1-16(6-3-8-23-16)11-21-15(19-2)20-7-9-22-12-4-5-13(17)14(18)10-12;/h4-5,10H,3,6-9,11H2,1-2H3,(H2,19,20,21);1H. The van der Waals surface area contributed by atoms with E-state index in [9.17, 15) is 8.78 Å². The molecule has 5 nitrogen and oxygen atoms in total. The minimum atomic E-state index is -0.919. The van der Waals surface area contributed by atoms with Gasteiger partial charge in [0.25, 0.3) is 0 Å². The third-order valence-electron chi connectivity index (χ3n) is 3.71. The number of benzene rings is 1. The summed E-state index contributed by atoms with van der Waals surface area (Å²) in [5, 5.41) is 6.31. The second-order valence-electron chi connectivity index (χ2n) is 5.68. The first-order valence-corrected chi connectivity index (χ1v) is 7.69. The summed E-state index contributed by atoms with van der Waals surface area (Å²) in [6, 6.07) is 3.46. The molecule has 136 valence electrons. The van der Waals surface area contributed by atoms with Gasteiger partial charge in [0.2, 0.25) is 0 Å². The van der Waals surface area contributed by atoms with Crippen LogP contribution in [0.15, 0.2) is 23.2 Å². The monoisotopic (exact) mass is 455 g/mol. The van der Waals surface area contributed by atoms with Gasteiger partial charge in [-0.15, -0.1) is 24.0 Å². The van der Waals surface area contributed by atoms with Crippen LogP contribution in [0.4, 0.5) is 8.78 Å². The highest BCUT2D eigenvalue weighted by atomic mass is 127. The number of rotatable bonds is 6. The summed E-state index contributed by atoms with van der Waals surface area (Å²) in [7, 11) is 1.68. The Morgan fingerprint density at radius 1 is 1.33 bits per heavy atom. The zero-order valence-corrected chi connectivity index (χ0v) is 16.2. The van der Waals surface area contributed by atoms with Gasteiger partial charge in [-0.2, -0.15) is 0 Å². The van der Waals surface area contributed by atoms with Crippen molar-refractivity contribution in [2.24, 2.45) is 4.99 Å². The average Bonchev–Trinajstić information content (AvgIpc) is 2.97. The quantitative estimate of drug-likeness (QED) is 0.300. The molecule has 1 aromatic rings. The molecule has 0 amide bonds. The fourth-order valence-corrected chi connectivity index (χ4v) is 2.37. The van der Waals surface area contributed by atoms with Crippen LogP contribution in [0.1, 0.15) is 19.8 Å². The van der Waals surface area contributed by atoms with Crippen LogP contribution in [0.5, 0.6) is 5.75 Å². The molecule has 24 heavy (non-hydrogen) atoms. The summed E-state index contributed by atoms with van der Waals surface area (Å²) in [6.07, 6.45) is 2.10. The van der Waals surface area contributed by atoms with Crippen molar-refractivity contribution < 1.29 is 18.3 Å². The lowest BCUT2D eigenvalue weighted by Crippen LogP contribution is -2.46. The van der Waals surface area contributed by atoms with Crippen LogP contribution in [0, 0.1) is 11.6 Å². The van der Waals surface area contributed by atoms with Crippen LogP contribution in [0.25, 0.3) is 0 Å². The molecule has 1 unspecified atom stereocenters. The zero-order chi connectivity index (χ0) is 16.7. The predicted molar refractivity (Wildman–Crippen MR) is 100 cm³/mol. The highest BCUT2D eigenvalue weighted by molar-refractivity contribution is 14.0. The van der Waals surface area contributed by atoms with Crippen LogP contribution in [0.2, 0.25) is 0 Å². The topological polar surface area (TPSA) is 54.9 Å². The van der Waals surface area contributed by atoms with Gasteiger partial charge in [0, 0.05) is 26.3 Å².